The van der Waals surface area contributed by atoms with E-state index in [1.54, 1.807) is 11.5 Å². The summed E-state index contributed by atoms with van der Waals surface area (Å²) in [6.07, 6.45) is 3.30. The van der Waals surface area contributed by atoms with Crippen LogP contribution in [0.1, 0.15) is 20.3 Å². The molecule has 1 rings (SSSR count). The zero-order valence-corrected chi connectivity index (χ0v) is 10.0. The van der Waals surface area contributed by atoms with Crippen LogP contribution in [-0.4, -0.2) is 24.0 Å². The molecule has 0 aromatic carbocycles. The SMILES string of the molecule is CCC(C#N)NS(=O)(=O)c1cn(CC)cn1. The third kappa shape index (κ3) is 2.81. The number of aryl methyl sites for hydroxylation is 1. The predicted octanol–water partition coefficient (Wildman–Crippen LogP) is 0.483. The van der Waals surface area contributed by atoms with Crippen LogP contribution in [0.25, 0.3) is 0 Å². The van der Waals surface area contributed by atoms with E-state index in [0.29, 0.717) is 13.0 Å². The average Bonchev–Trinajstić information content (AvgIpc) is 2.75. The largest absolute Gasteiger partial charge is 0.336 e. The van der Waals surface area contributed by atoms with E-state index < -0.39 is 16.1 Å². The first kappa shape index (κ1) is 12.7. The molecule has 7 heteroatoms. The molecule has 1 aromatic rings. The van der Waals surface area contributed by atoms with Crippen LogP contribution in [0.15, 0.2) is 17.6 Å². The minimum absolute atomic E-state index is 0.0527. The first-order valence-corrected chi connectivity index (χ1v) is 6.45. The number of sulfonamides is 1. The Labute approximate surface area is 95.0 Å². The lowest BCUT2D eigenvalue weighted by molar-refractivity contribution is 0.566. The van der Waals surface area contributed by atoms with Crippen LogP contribution >= 0.6 is 0 Å². The zero-order valence-electron chi connectivity index (χ0n) is 9.21. The van der Waals surface area contributed by atoms with Crippen molar-refractivity contribution in [3.63, 3.8) is 0 Å². The number of imidazole rings is 1. The number of hydrogen-bond acceptors (Lipinski definition) is 4. The van der Waals surface area contributed by atoms with E-state index in [4.69, 9.17) is 5.26 Å². The van der Waals surface area contributed by atoms with Gasteiger partial charge >= 0.3 is 0 Å². The zero-order chi connectivity index (χ0) is 12.2. The Morgan fingerprint density at radius 2 is 2.31 bits per heavy atom. The summed E-state index contributed by atoms with van der Waals surface area (Å²) in [6.45, 7) is 4.27. The number of nitriles is 1. The Morgan fingerprint density at radius 3 is 2.75 bits per heavy atom. The lowest BCUT2D eigenvalue weighted by atomic mass is 10.3. The Kier molecular flexibility index (Phi) is 4.04. The number of hydrogen-bond donors (Lipinski definition) is 1. The molecule has 0 aliphatic rings. The normalized spacial score (nSPS) is 13.3. The van der Waals surface area contributed by atoms with Gasteiger partial charge in [-0.3, -0.25) is 0 Å². The molecule has 0 aliphatic heterocycles. The summed E-state index contributed by atoms with van der Waals surface area (Å²) in [4.78, 5) is 3.78. The molecule has 0 aliphatic carbocycles. The highest BCUT2D eigenvalue weighted by Crippen LogP contribution is 2.06. The van der Waals surface area contributed by atoms with Crippen molar-refractivity contribution in [3.05, 3.63) is 12.5 Å². The molecule has 0 saturated carbocycles. The summed E-state index contributed by atoms with van der Waals surface area (Å²) in [5.74, 6) is 0. The molecule has 88 valence electrons. The van der Waals surface area contributed by atoms with Gasteiger partial charge in [0.15, 0.2) is 5.03 Å². The highest BCUT2D eigenvalue weighted by atomic mass is 32.2. The molecule has 16 heavy (non-hydrogen) atoms. The molecule has 1 heterocycles. The third-order valence-corrected chi connectivity index (χ3v) is 3.47. The highest BCUT2D eigenvalue weighted by molar-refractivity contribution is 7.89. The van der Waals surface area contributed by atoms with Gasteiger partial charge in [-0.05, 0) is 13.3 Å². The molecule has 0 bridgehead atoms. The summed E-state index contributed by atoms with van der Waals surface area (Å²) in [5.41, 5.74) is 0. The van der Waals surface area contributed by atoms with Crippen molar-refractivity contribution in [1.82, 2.24) is 14.3 Å². The van der Waals surface area contributed by atoms with Crippen molar-refractivity contribution < 1.29 is 8.42 Å². The second-order valence-electron chi connectivity index (χ2n) is 3.25. The molecule has 0 spiro atoms. The maximum absolute atomic E-state index is 11.8. The Balaban J connectivity index is 2.90. The van der Waals surface area contributed by atoms with E-state index in [1.165, 1.54) is 12.5 Å². The summed E-state index contributed by atoms with van der Waals surface area (Å²) in [5, 5.41) is 8.63. The number of aromatic nitrogens is 2. The van der Waals surface area contributed by atoms with Crippen LogP contribution in [0.3, 0.4) is 0 Å². The maximum Gasteiger partial charge on any atom is 0.260 e. The number of nitrogens with zero attached hydrogens (tertiary/aromatic N) is 3. The molecule has 0 fully saturated rings. The molecule has 0 radical (unpaired) electrons. The van der Waals surface area contributed by atoms with Crippen LogP contribution in [0.5, 0.6) is 0 Å². The van der Waals surface area contributed by atoms with Gasteiger partial charge < -0.3 is 4.57 Å². The van der Waals surface area contributed by atoms with Crippen molar-refractivity contribution in [1.29, 1.82) is 5.26 Å². The molecular weight excluding hydrogens is 228 g/mol. The van der Waals surface area contributed by atoms with Gasteiger partial charge in [0.2, 0.25) is 0 Å². The van der Waals surface area contributed by atoms with E-state index in [2.05, 4.69) is 9.71 Å². The summed E-state index contributed by atoms with van der Waals surface area (Å²) >= 11 is 0. The average molecular weight is 242 g/mol. The van der Waals surface area contributed by atoms with E-state index in [9.17, 15) is 8.42 Å². The fourth-order valence-electron chi connectivity index (χ4n) is 1.10. The van der Waals surface area contributed by atoms with Crippen LogP contribution in [0.4, 0.5) is 0 Å². The van der Waals surface area contributed by atoms with Crippen molar-refractivity contribution in [2.24, 2.45) is 0 Å². The lowest BCUT2D eigenvalue weighted by Gasteiger charge is -2.07. The Bertz CT molecular complexity index is 486. The molecular formula is C9H14N4O2S. The molecule has 1 unspecified atom stereocenters. The van der Waals surface area contributed by atoms with Crippen molar-refractivity contribution >= 4 is 10.0 Å². The van der Waals surface area contributed by atoms with Gasteiger partial charge in [-0.15, -0.1) is 0 Å². The topological polar surface area (TPSA) is 87.8 Å². The van der Waals surface area contributed by atoms with Gasteiger partial charge in [-0.25, -0.2) is 13.4 Å². The third-order valence-electron chi connectivity index (χ3n) is 2.11. The molecule has 1 N–H and O–H groups in total. The summed E-state index contributed by atoms with van der Waals surface area (Å²) < 4.78 is 27.4. The lowest BCUT2D eigenvalue weighted by Crippen LogP contribution is -2.33. The first-order chi connectivity index (χ1) is 7.53. The molecule has 6 nitrogen and oxygen atoms in total. The van der Waals surface area contributed by atoms with Crippen LogP contribution in [0.2, 0.25) is 0 Å². The summed E-state index contributed by atoms with van der Waals surface area (Å²) in [6, 6.07) is 1.16. The smallest absolute Gasteiger partial charge is 0.260 e. The molecule has 1 atom stereocenters. The minimum Gasteiger partial charge on any atom is -0.336 e. The van der Waals surface area contributed by atoms with Crippen molar-refractivity contribution in [3.8, 4) is 6.07 Å². The fraction of sp³-hybridized carbons (Fsp3) is 0.556. The standard InChI is InChI=1S/C9H14N4O2S/c1-3-8(5-10)12-16(14,15)9-6-13(4-2)7-11-9/h6-8,12H,3-4H2,1-2H3. The minimum atomic E-state index is -3.68. The van der Waals surface area contributed by atoms with Crippen molar-refractivity contribution in [2.75, 3.05) is 0 Å². The second kappa shape index (κ2) is 5.09. The quantitative estimate of drug-likeness (QED) is 0.813. The van der Waals surface area contributed by atoms with E-state index in [1.807, 2.05) is 13.0 Å². The maximum atomic E-state index is 11.8. The van der Waals surface area contributed by atoms with E-state index >= 15 is 0 Å². The molecule has 0 saturated heterocycles. The van der Waals surface area contributed by atoms with Gasteiger partial charge in [0.05, 0.1) is 12.4 Å². The van der Waals surface area contributed by atoms with Crippen molar-refractivity contribution in [2.45, 2.75) is 37.9 Å². The van der Waals surface area contributed by atoms with Gasteiger partial charge in [0.25, 0.3) is 10.0 Å². The van der Waals surface area contributed by atoms with E-state index in [0.717, 1.165) is 0 Å². The van der Waals surface area contributed by atoms with Gasteiger partial charge in [-0.2, -0.15) is 9.98 Å². The highest BCUT2D eigenvalue weighted by Gasteiger charge is 2.20. The van der Waals surface area contributed by atoms with Gasteiger partial charge in [-0.1, -0.05) is 6.92 Å². The fourth-order valence-corrected chi connectivity index (χ4v) is 2.27. The Morgan fingerprint density at radius 1 is 1.62 bits per heavy atom. The second-order valence-corrected chi connectivity index (χ2v) is 4.91. The van der Waals surface area contributed by atoms with Crippen LogP contribution < -0.4 is 4.72 Å². The number of nitrogens with one attached hydrogen (secondary N) is 1. The van der Waals surface area contributed by atoms with Crippen LogP contribution in [-0.2, 0) is 16.6 Å². The van der Waals surface area contributed by atoms with Crippen LogP contribution in [0, 0.1) is 11.3 Å². The summed E-state index contributed by atoms with van der Waals surface area (Å²) in [7, 11) is -3.68. The predicted molar refractivity (Wildman–Crippen MR) is 57.9 cm³/mol. The molecule has 1 aromatic heterocycles. The molecule has 0 amide bonds. The monoisotopic (exact) mass is 242 g/mol. The van der Waals surface area contributed by atoms with E-state index in [-0.39, 0.29) is 5.03 Å². The van der Waals surface area contributed by atoms with Gasteiger partial charge in [0.1, 0.15) is 6.04 Å². The van der Waals surface area contributed by atoms with Gasteiger partial charge in [0, 0.05) is 12.7 Å². The first-order valence-electron chi connectivity index (χ1n) is 4.97. The Hall–Kier alpha value is -1.39. The number of rotatable bonds is 5.